The largest absolute Gasteiger partial charge is 0.488 e. The van der Waals surface area contributed by atoms with Crippen LogP contribution in [0.5, 0.6) is 5.75 Å². The fraction of sp³-hybridized carbons (Fsp3) is 0.562. The van der Waals surface area contributed by atoms with Gasteiger partial charge in [0.1, 0.15) is 16.6 Å². The molecular formula is C16H21BrN2O5. The van der Waals surface area contributed by atoms with Crippen LogP contribution in [0.25, 0.3) is 0 Å². The second-order valence-electron chi connectivity index (χ2n) is 5.42. The van der Waals surface area contributed by atoms with Crippen LogP contribution >= 0.6 is 15.9 Å². The highest BCUT2D eigenvalue weighted by Gasteiger charge is 2.35. The molecule has 0 N–H and O–H groups in total. The van der Waals surface area contributed by atoms with E-state index in [4.69, 9.17) is 4.74 Å². The van der Waals surface area contributed by atoms with Crippen molar-refractivity contribution < 1.29 is 19.2 Å². The highest BCUT2D eigenvalue weighted by atomic mass is 79.9. The maximum absolute atomic E-state index is 11.9. The highest BCUT2D eigenvalue weighted by Crippen LogP contribution is 2.46. The van der Waals surface area contributed by atoms with Crippen molar-refractivity contribution in [1.82, 2.24) is 0 Å². The molecule has 0 amide bonds. The Bertz CT molecular complexity index is 646. The molecule has 1 aliphatic carbocycles. The molecule has 0 unspecified atom stereocenters. The van der Waals surface area contributed by atoms with Gasteiger partial charge in [-0.1, -0.05) is 13.8 Å². The topological polar surface area (TPSA) is 81.9 Å². The zero-order valence-corrected chi connectivity index (χ0v) is 15.6. The number of nitro benzene ring substituents is 1. The first-order chi connectivity index (χ1) is 11.5. The molecule has 8 heteroatoms. The Labute approximate surface area is 149 Å². The summed E-state index contributed by atoms with van der Waals surface area (Å²) < 4.78 is 10.5. The quantitative estimate of drug-likeness (QED) is 0.434. The lowest BCUT2D eigenvalue weighted by atomic mass is 10.1. The summed E-state index contributed by atoms with van der Waals surface area (Å²) >= 11 is 3.22. The van der Waals surface area contributed by atoms with Gasteiger partial charge in [-0.05, 0) is 40.8 Å². The van der Waals surface area contributed by atoms with E-state index in [9.17, 15) is 14.9 Å². The number of rotatable bonds is 4. The van der Waals surface area contributed by atoms with Gasteiger partial charge < -0.3 is 14.4 Å². The summed E-state index contributed by atoms with van der Waals surface area (Å²) in [4.78, 5) is 24.8. The van der Waals surface area contributed by atoms with Gasteiger partial charge in [0.2, 0.25) is 0 Å². The smallest absolute Gasteiger partial charge is 0.345 e. The average Bonchev–Trinajstić information content (AvgIpc) is 3.40. The normalized spacial score (nSPS) is 15.6. The van der Waals surface area contributed by atoms with Crippen molar-refractivity contribution in [3.05, 3.63) is 26.2 Å². The zero-order valence-electron chi connectivity index (χ0n) is 14.0. The SMILES string of the molecule is CC.COC(=O)c1cc2c(c(Br)c1[N+](=O)[O-])OCCN2CC1CC1. The number of anilines is 1. The molecule has 0 spiro atoms. The van der Waals surface area contributed by atoms with E-state index in [0.717, 1.165) is 6.54 Å². The lowest BCUT2D eigenvalue weighted by molar-refractivity contribution is -0.386. The van der Waals surface area contributed by atoms with Gasteiger partial charge in [-0.2, -0.15) is 0 Å². The van der Waals surface area contributed by atoms with Crippen molar-refractivity contribution in [3.63, 3.8) is 0 Å². The predicted molar refractivity (Wildman–Crippen MR) is 93.9 cm³/mol. The van der Waals surface area contributed by atoms with Gasteiger partial charge >= 0.3 is 11.7 Å². The molecule has 1 heterocycles. The average molecular weight is 401 g/mol. The third-order valence-electron chi connectivity index (χ3n) is 3.89. The maximum Gasteiger partial charge on any atom is 0.345 e. The molecule has 0 radical (unpaired) electrons. The lowest BCUT2D eigenvalue weighted by Crippen LogP contribution is -2.34. The Balaban J connectivity index is 0.00000100. The van der Waals surface area contributed by atoms with Gasteiger partial charge in [0.15, 0.2) is 5.75 Å². The van der Waals surface area contributed by atoms with E-state index in [1.54, 1.807) is 0 Å². The van der Waals surface area contributed by atoms with E-state index in [0.29, 0.717) is 30.5 Å². The molecule has 1 saturated carbocycles. The second kappa shape index (κ2) is 7.83. The van der Waals surface area contributed by atoms with Crippen LogP contribution in [0.1, 0.15) is 37.0 Å². The summed E-state index contributed by atoms with van der Waals surface area (Å²) in [6.45, 7) is 6.04. The molecule has 3 rings (SSSR count). The Hall–Kier alpha value is -1.83. The molecule has 2 aliphatic rings. The molecule has 132 valence electrons. The summed E-state index contributed by atoms with van der Waals surface area (Å²) in [5.74, 6) is 0.347. The number of methoxy groups -OCH3 is 1. The number of carbonyl (C=O) groups is 1. The highest BCUT2D eigenvalue weighted by molar-refractivity contribution is 9.10. The fourth-order valence-corrected chi connectivity index (χ4v) is 3.28. The Morgan fingerprint density at radius 2 is 2.17 bits per heavy atom. The Kier molecular flexibility index (Phi) is 6.04. The van der Waals surface area contributed by atoms with Gasteiger partial charge in [-0.25, -0.2) is 4.79 Å². The number of nitro groups is 1. The lowest BCUT2D eigenvalue weighted by Gasteiger charge is -2.32. The molecule has 0 saturated heterocycles. The van der Waals surface area contributed by atoms with E-state index < -0.39 is 10.9 Å². The number of carbonyl (C=O) groups excluding carboxylic acids is 1. The first kappa shape index (κ1) is 18.5. The molecule has 0 aromatic heterocycles. The predicted octanol–water partition coefficient (Wildman–Crippen LogP) is 3.78. The molecule has 0 bridgehead atoms. The standard InChI is InChI=1S/C14H15BrN2O5.C2H6/c1-21-14(18)9-6-10-13(11(15)12(9)17(19)20)22-5-4-16(10)7-8-2-3-8;1-2/h6,8H,2-5,7H2,1H3;1-2H3. The summed E-state index contributed by atoms with van der Waals surface area (Å²) in [5.41, 5.74) is 0.319. The van der Waals surface area contributed by atoms with E-state index in [2.05, 4.69) is 25.6 Å². The maximum atomic E-state index is 11.9. The first-order valence-corrected chi connectivity index (χ1v) is 8.79. The molecule has 0 atom stereocenters. The molecule has 24 heavy (non-hydrogen) atoms. The van der Waals surface area contributed by atoms with Gasteiger partial charge in [0, 0.05) is 6.54 Å². The van der Waals surface area contributed by atoms with Gasteiger partial charge in [0.05, 0.1) is 24.3 Å². The monoisotopic (exact) mass is 400 g/mol. The number of hydrogen-bond donors (Lipinski definition) is 0. The summed E-state index contributed by atoms with van der Waals surface area (Å²) in [5, 5.41) is 11.3. The molecule has 1 aromatic rings. The number of nitrogens with zero attached hydrogens (tertiary/aromatic N) is 2. The van der Waals surface area contributed by atoms with Crippen molar-refractivity contribution in [2.24, 2.45) is 5.92 Å². The molecule has 1 fully saturated rings. The van der Waals surface area contributed by atoms with Crippen LogP contribution in [0.2, 0.25) is 0 Å². The Morgan fingerprint density at radius 3 is 2.71 bits per heavy atom. The number of halogens is 1. The minimum Gasteiger partial charge on any atom is -0.488 e. The fourth-order valence-electron chi connectivity index (χ4n) is 2.61. The molecule has 7 nitrogen and oxygen atoms in total. The molecular weight excluding hydrogens is 380 g/mol. The summed E-state index contributed by atoms with van der Waals surface area (Å²) in [6, 6.07) is 1.51. The number of benzene rings is 1. The van der Waals surface area contributed by atoms with E-state index in [1.807, 2.05) is 13.8 Å². The first-order valence-electron chi connectivity index (χ1n) is 8.00. The van der Waals surface area contributed by atoms with Crippen LogP contribution in [0.4, 0.5) is 11.4 Å². The van der Waals surface area contributed by atoms with Crippen molar-refractivity contribution in [3.8, 4) is 5.75 Å². The third-order valence-corrected chi connectivity index (χ3v) is 4.62. The van der Waals surface area contributed by atoms with Crippen molar-refractivity contribution in [1.29, 1.82) is 0 Å². The van der Waals surface area contributed by atoms with E-state index >= 15 is 0 Å². The summed E-state index contributed by atoms with van der Waals surface area (Å²) in [7, 11) is 1.21. The van der Waals surface area contributed by atoms with Gasteiger partial charge in [0.25, 0.3) is 0 Å². The van der Waals surface area contributed by atoms with Crippen LogP contribution in [0.15, 0.2) is 10.5 Å². The van der Waals surface area contributed by atoms with Crippen molar-refractivity contribution >= 4 is 33.3 Å². The molecule has 1 aromatic carbocycles. The zero-order chi connectivity index (χ0) is 17.9. The second-order valence-corrected chi connectivity index (χ2v) is 6.21. The number of esters is 1. The van der Waals surface area contributed by atoms with E-state index in [-0.39, 0.29) is 15.7 Å². The third kappa shape index (κ3) is 3.63. The van der Waals surface area contributed by atoms with Crippen LogP contribution in [-0.4, -0.2) is 37.7 Å². The summed E-state index contributed by atoms with van der Waals surface area (Å²) in [6.07, 6.45) is 2.40. The van der Waals surface area contributed by atoms with Crippen LogP contribution in [-0.2, 0) is 4.74 Å². The number of ether oxygens (including phenoxy) is 2. The Morgan fingerprint density at radius 1 is 1.50 bits per heavy atom. The minimum absolute atomic E-state index is 0.0654. The van der Waals surface area contributed by atoms with E-state index in [1.165, 1.54) is 26.0 Å². The van der Waals surface area contributed by atoms with Crippen LogP contribution < -0.4 is 9.64 Å². The molecule has 1 aliphatic heterocycles. The van der Waals surface area contributed by atoms with Crippen molar-refractivity contribution in [2.45, 2.75) is 26.7 Å². The van der Waals surface area contributed by atoms with Gasteiger partial charge in [-0.3, -0.25) is 10.1 Å². The number of fused-ring (bicyclic) bond motifs is 1. The number of hydrogen-bond acceptors (Lipinski definition) is 6. The minimum atomic E-state index is -0.729. The van der Waals surface area contributed by atoms with Crippen LogP contribution in [0.3, 0.4) is 0 Å². The van der Waals surface area contributed by atoms with Gasteiger partial charge in [-0.15, -0.1) is 0 Å². The van der Waals surface area contributed by atoms with Crippen molar-refractivity contribution in [2.75, 3.05) is 31.7 Å². The van der Waals surface area contributed by atoms with Crippen LogP contribution in [0, 0.1) is 16.0 Å².